The zero-order valence-corrected chi connectivity index (χ0v) is 21.6. The molecule has 6 nitrogen and oxygen atoms in total. The van der Waals surface area contributed by atoms with Gasteiger partial charge >= 0.3 is 6.09 Å². The van der Waals surface area contributed by atoms with Gasteiger partial charge in [-0.1, -0.05) is 18.7 Å². The van der Waals surface area contributed by atoms with Gasteiger partial charge in [-0.25, -0.2) is 9.00 Å². The third-order valence-electron chi connectivity index (χ3n) is 7.24. The molecule has 0 aromatic heterocycles. The van der Waals surface area contributed by atoms with E-state index in [0.29, 0.717) is 18.6 Å². The number of carbonyl (C=O) groups excluding carboxylic acids is 1. The zero-order valence-electron chi connectivity index (χ0n) is 20.8. The van der Waals surface area contributed by atoms with Gasteiger partial charge < -0.3 is 19.3 Å². The van der Waals surface area contributed by atoms with Crippen molar-refractivity contribution in [2.75, 3.05) is 39.9 Å². The molecule has 2 fully saturated rings. The highest BCUT2D eigenvalue weighted by molar-refractivity contribution is 7.85. The summed E-state index contributed by atoms with van der Waals surface area (Å²) in [6, 6.07) is 15.9. The molecule has 4 rings (SSSR count). The van der Waals surface area contributed by atoms with Crippen LogP contribution in [0.15, 0.2) is 64.9 Å². The van der Waals surface area contributed by atoms with Gasteiger partial charge in [-0.3, -0.25) is 0 Å². The summed E-state index contributed by atoms with van der Waals surface area (Å²) in [5, 5.41) is 0. The average Bonchev–Trinajstić information content (AvgIpc) is 2.93. The Kier molecular flexibility index (Phi) is 8.63. The second-order valence-corrected chi connectivity index (χ2v) is 10.7. The quantitative estimate of drug-likeness (QED) is 0.527. The highest BCUT2D eigenvalue weighted by Gasteiger charge is 2.30. The van der Waals surface area contributed by atoms with Crippen molar-refractivity contribution in [3.63, 3.8) is 0 Å². The summed E-state index contributed by atoms with van der Waals surface area (Å²) < 4.78 is 23.2. The summed E-state index contributed by atoms with van der Waals surface area (Å²) >= 11 is 0. The van der Waals surface area contributed by atoms with Gasteiger partial charge in [-0.15, -0.1) is 0 Å². The number of rotatable bonds is 7. The monoisotopic (exact) mass is 496 g/mol. The fraction of sp³-hybridized carbons (Fsp3) is 0.464. The van der Waals surface area contributed by atoms with Crippen LogP contribution in [0.5, 0.6) is 5.75 Å². The molecule has 1 unspecified atom stereocenters. The largest absolute Gasteiger partial charge is 0.497 e. The van der Waals surface area contributed by atoms with Crippen molar-refractivity contribution in [2.24, 2.45) is 5.92 Å². The molecule has 7 heteroatoms. The number of ether oxygens (including phenoxy) is 2. The third kappa shape index (κ3) is 6.14. The first-order chi connectivity index (χ1) is 17.0. The number of nitrogens with zero attached hydrogens (tertiary/aromatic N) is 2. The molecule has 0 aliphatic carbocycles. The number of methoxy groups -OCH3 is 1. The van der Waals surface area contributed by atoms with Crippen LogP contribution in [-0.4, -0.2) is 66.0 Å². The Bertz CT molecular complexity index is 1020. The first kappa shape index (κ1) is 25.5. The van der Waals surface area contributed by atoms with E-state index in [1.165, 1.54) is 5.57 Å². The molecule has 1 atom stereocenters. The Morgan fingerprint density at radius 2 is 1.51 bits per heavy atom. The second-order valence-electron chi connectivity index (χ2n) is 9.22. The predicted molar refractivity (Wildman–Crippen MR) is 139 cm³/mol. The van der Waals surface area contributed by atoms with Gasteiger partial charge in [-0.2, -0.15) is 0 Å². The van der Waals surface area contributed by atoms with Gasteiger partial charge in [0.05, 0.1) is 24.5 Å². The first-order valence-corrected chi connectivity index (χ1v) is 13.7. The van der Waals surface area contributed by atoms with Crippen molar-refractivity contribution >= 4 is 22.5 Å². The van der Waals surface area contributed by atoms with Gasteiger partial charge in [0.1, 0.15) is 5.75 Å². The molecule has 2 aromatic carbocycles. The molecule has 2 heterocycles. The summed E-state index contributed by atoms with van der Waals surface area (Å²) in [6.07, 6.45) is 4.03. The lowest BCUT2D eigenvalue weighted by molar-refractivity contribution is 0.0652. The van der Waals surface area contributed by atoms with E-state index in [0.717, 1.165) is 73.0 Å². The normalized spacial score (nSPS) is 18.7. The van der Waals surface area contributed by atoms with E-state index in [4.69, 9.17) is 9.47 Å². The molecule has 2 aliphatic rings. The molecular weight excluding hydrogens is 460 g/mol. The van der Waals surface area contributed by atoms with Crippen LogP contribution in [0.3, 0.4) is 0 Å². The topological polar surface area (TPSA) is 59.1 Å². The molecule has 0 saturated carbocycles. The number of amides is 1. The van der Waals surface area contributed by atoms with Gasteiger partial charge in [-0.05, 0) is 99.1 Å². The van der Waals surface area contributed by atoms with Crippen LogP contribution in [-0.2, 0) is 15.5 Å². The van der Waals surface area contributed by atoms with Crippen LogP contribution in [0, 0.1) is 5.92 Å². The maximum absolute atomic E-state index is 12.9. The third-order valence-corrected chi connectivity index (χ3v) is 8.64. The minimum atomic E-state index is -1.22. The lowest BCUT2D eigenvalue weighted by Gasteiger charge is -2.41. The van der Waals surface area contributed by atoms with E-state index in [1.54, 1.807) is 7.11 Å². The molecule has 0 spiro atoms. The van der Waals surface area contributed by atoms with Gasteiger partial charge in [0.15, 0.2) is 0 Å². The standard InChI is InChI=1S/C28H36N2O4S/c1-4-34-28(31)30-19-15-24(16-20-30)29-17-13-23(14-18-29)21(2)22-5-9-26(10-6-22)35(32)27-11-7-25(33-3)8-12-27/h5-12,23-24H,2,4,13-20H2,1,3H3. The van der Waals surface area contributed by atoms with E-state index < -0.39 is 10.8 Å². The molecule has 2 aromatic rings. The highest BCUT2D eigenvalue weighted by atomic mass is 32.2. The van der Waals surface area contributed by atoms with Crippen LogP contribution in [0.1, 0.15) is 38.2 Å². The Labute approximate surface area is 211 Å². The lowest BCUT2D eigenvalue weighted by atomic mass is 9.85. The maximum Gasteiger partial charge on any atom is 0.409 e. The molecule has 0 bridgehead atoms. The molecule has 2 aliphatic heterocycles. The molecule has 35 heavy (non-hydrogen) atoms. The highest BCUT2D eigenvalue weighted by Crippen LogP contribution is 2.33. The number of allylic oxidation sites excluding steroid dienone is 1. The van der Waals surface area contributed by atoms with E-state index in [2.05, 4.69) is 23.6 Å². The number of hydrogen-bond acceptors (Lipinski definition) is 5. The smallest absolute Gasteiger partial charge is 0.409 e. The van der Waals surface area contributed by atoms with Crippen LogP contribution >= 0.6 is 0 Å². The number of benzene rings is 2. The van der Waals surface area contributed by atoms with Crippen molar-refractivity contribution in [3.8, 4) is 5.75 Å². The number of likely N-dealkylation sites (tertiary alicyclic amines) is 2. The molecule has 188 valence electrons. The Hall–Kier alpha value is -2.64. The van der Waals surface area contributed by atoms with Crippen molar-refractivity contribution in [1.82, 2.24) is 9.80 Å². The van der Waals surface area contributed by atoms with Crippen molar-refractivity contribution in [1.29, 1.82) is 0 Å². The predicted octanol–water partition coefficient (Wildman–Crippen LogP) is 5.21. The van der Waals surface area contributed by atoms with Crippen molar-refractivity contribution in [3.05, 3.63) is 60.7 Å². The fourth-order valence-corrected chi connectivity index (χ4v) is 6.14. The molecule has 2 saturated heterocycles. The summed E-state index contributed by atoms with van der Waals surface area (Å²) in [7, 11) is 0.401. The van der Waals surface area contributed by atoms with Gasteiger partial charge in [0, 0.05) is 28.9 Å². The van der Waals surface area contributed by atoms with Crippen molar-refractivity contribution < 1.29 is 18.5 Å². The van der Waals surface area contributed by atoms with E-state index in [-0.39, 0.29) is 6.09 Å². The lowest BCUT2D eigenvalue weighted by Crippen LogP contribution is -2.49. The first-order valence-electron chi connectivity index (χ1n) is 12.5. The van der Waals surface area contributed by atoms with Crippen LogP contribution in [0.2, 0.25) is 0 Å². The van der Waals surface area contributed by atoms with Crippen LogP contribution in [0.4, 0.5) is 4.79 Å². The van der Waals surface area contributed by atoms with E-state index >= 15 is 0 Å². The van der Waals surface area contributed by atoms with Crippen LogP contribution in [0.25, 0.3) is 5.57 Å². The van der Waals surface area contributed by atoms with Crippen molar-refractivity contribution in [2.45, 2.75) is 48.4 Å². The molecule has 0 N–H and O–H groups in total. The molecular formula is C28H36N2O4S. The maximum atomic E-state index is 12.9. The SMILES string of the molecule is C=C(c1ccc(S(=O)c2ccc(OC)cc2)cc1)C1CCN(C2CCN(C(=O)OCC)CC2)CC1. The summed E-state index contributed by atoms with van der Waals surface area (Å²) in [4.78, 5) is 17.9. The molecule has 1 amide bonds. The Balaban J connectivity index is 1.28. The van der Waals surface area contributed by atoms with E-state index in [1.807, 2.05) is 48.2 Å². The van der Waals surface area contributed by atoms with Gasteiger partial charge in [0.25, 0.3) is 0 Å². The summed E-state index contributed by atoms with van der Waals surface area (Å²) in [5.41, 5.74) is 2.30. The fourth-order valence-electron chi connectivity index (χ4n) is 5.11. The summed E-state index contributed by atoms with van der Waals surface area (Å²) in [6.45, 7) is 10.4. The number of hydrogen-bond donors (Lipinski definition) is 0. The number of piperidine rings is 2. The Morgan fingerprint density at radius 3 is 2.06 bits per heavy atom. The minimum Gasteiger partial charge on any atom is -0.497 e. The summed E-state index contributed by atoms with van der Waals surface area (Å²) in [5.74, 6) is 1.22. The van der Waals surface area contributed by atoms with E-state index in [9.17, 15) is 9.00 Å². The zero-order chi connectivity index (χ0) is 24.8. The average molecular weight is 497 g/mol. The molecule has 0 radical (unpaired) electrons. The number of carbonyl (C=O) groups is 1. The Morgan fingerprint density at radius 1 is 0.943 bits per heavy atom. The second kappa shape index (κ2) is 11.9. The van der Waals surface area contributed by atoms with Crippen LogP contribution < -0.4 is 4.74 Å². The minimum absolute atomic E-state index is 0.181. The van der Waals surface area contributed by atoms with Gasteiger partial charge in [0.2, 0.25) is 0 Å².